The van der Waals surface area contributed by atoms with E-state index in [-0.39, 0.29) is 23.7 Å². The van der Waals surface area contributed by atoms with Crippen LogP contribution in [0.2, 0.25) is 0 Å². The van der Waals surface area contributed by atoms with Gasteiger partial charge in [-0.25, -0.2) is 0 Å². The van der Waals surface area contributed by atoms with Crippen LogP contribution in [0.15, 0.2) is 54.6 Å². The number of hydrogen-bond donors (Lipinski definition) is 0. The third-order valence-electron chi connectivity index (χ3n) is 6.51. The molecule has 2 fully saturated rings. The molecule has 4 atom stereocenters. The highest BCUT2D eigenvalue weighted by Gasteiger charge is 2.57. The number of nitrogens with zero attached hydrogens (tertiary/aromatic N) is 1. The Labute approximate surface area is 161 Å². The minimum absolute atomic E-state index is 0.0172. The fourth-order valence-electron chi connectivity index (χ4n) is 5.08. The van der Waals surface area contributed by atoms with E-state index in [4.69, 9.17) is 0 Å². The number of amides is 2. The number of anilines is 1. The number of imide groups is 1. The molecule has 0 radical (unpaired) electrons. The maximum Gasteiger partial charge on any atom is 0.237 e. The average molecular weight is 361 g/mol. The van der Waals surface area contributed by atoms with E-state index < -0.39 is 0 Å². The summed E-state index contributed by atoms with van der Waals surface area (Å²) in [6.07, 6.45) is 3.81. The Kier molecular flexibility index (Phi) is 4.86. The van der Waals surface area contributed by atoms with Crippen LogP contribution in [0.3, 0.4) is 0 Å². The summed E-state index contributed by atoms with van der Waals surface area (Å²) in [5.41, 5.74) is 3.16. The summed E-state index contributed by atoms with van der Waals surface area (Å²) in [6, 6.07) is 18.2. The zero-order chi connectivity index (χ0) is 19.0. The maximum absolute atomic E-state index is 13.1. The zero-order valence-corrected chi connectivity index (χ0v) is 16.1. The Morgan fingerprint density at radius 1 is 0.778 bits per heavy atom. The van der Waals surface area contributed by atoms with Gasteiger partial charge in [-0.3, -0.25) is 14.5 Å². The lowest BCUT2D eigenvalue weighted by molar-refractivity contribution is -0.123. The van der Waals surface area contributed by atoms with Gasteiger partial charge in [0.1, 0.15) is 0 Å². The predicted molar refractivity (Wildman–Crippen MR) is 107 cm³/mol. The molecule has 3 heteroatoms. The molecule has 2 aliphatic rings. The molecule has 2 aromatic carbocycles. The first-order valence-electron chi connectivity index (χ1n) is 10.1. The average Bonchev–Trinajstić information content (AvgIpc) is 3.20. The van der Waals surface area contributed by atoms with Crippen molar-refractivity contribution in [2.45, 2.75) is 39.5 Å². The van der Waals surface area contributed by atoms with Crippen molar-refractivity contribution in [3.8, 4) is 0 Å². The molecule has 140 valence electrons. The molecule has 0 bridgehead atoms. The normalized spacial score (nSPS) is 27.3. The second-order valence-corrected chi connectivity index (χ2v) is 7.96. The SMILES string of the molecule is CCC1CC(CC)C2C(=O)N(c3ccc(Cc4ccccc4)cc3)C(=O)C12. The van der Waals surface area contributed by atoms with Crippen molar-refractivity contribution in [2.24, 2.45) is 23.7 Å². The molecule has 2 amide bonds. The lowest BCUT2D eigenvalue weighted by atomic mass is 9.88. The first-order chi connectivity index (χ1) is 13.1. The molecular weight excluding hydrogens is 334 g/mol. The van der Waals surface area contributed by atoms with Gasteiger partial charge in [-0.15, -0.1) is 0 Å². The molecule has 2 aromatic rings. The molecule has 0 aromatic heterocycles. The van der Waals surface area contributed by atoms with E-state index in [0.717, 1.165) is 31.4 Å². The fourth-order valence-corrected chi connectivity index (χ4v) is 5.08. The van der Waals surface area contributed by atoms with E-state index in [1.54, 1.807) is 0 Å². The number of fused-ring (bicyclic) bond motifs is 1. The fraction of sp³-hybridized carbons (Fsp3) is 0.417. The number of carbonyl (C=O) groups is 2. The molecular formula is C24H27NO2. The van der Waals surface area contributed by atoms with Crippen LogP contribution < -0.4 is 4.90 Å². The van der Waals surface area contributed by atoms with Gasteiger partial charge >= 0.3 is 0 Å². The van der Waals surface area contributed by atoms with Gasteiger partial charge in [-0.05, 0) is 47.9 Å². The third-order valence-corrected chi connectivity index (χ3v) is 6.51. The highest BCUT2D eigenvalue weighted by atomic mass is 16.2. The van der Waals surface area contributed by atoms with E-state index in [9.17, 15) is 9.59 Å². The summed E-state index contributed by atoms with van der Waals surface area (Å²) >= 11 is 0. The summed E-state index contributed by atoms with van der Waals surface area (Å²) < 4.78 is 0. The predicted octanol–water partition coefficient (Wildman–Crippen LogP) is 4.84. The van der Waals surface area contributed by atoms with E-state index in [0.29, 0.717) is 11.8 Å². The summed E-state index contributed by atoms with van der Waals surface area (Å²) in [5.74, 6) is 0.498. The summed E-state index contributed by atoms with van der Waals surface area (Å²) in [7, 11) is 0. The molecule has 1 saturated heterocycles. The van der Waals surface area contributed by atoms with Crippen molar-refractivity contribution in [3.05, 3.63) is 65.7 Å². The van der Waals surface area contributed by atoms with Gasteiger partial charge in [-0.1, -0.05) is 69.2 Å². The summed E-state index contributed by atoms with van der Waals surface area (Å²) in [5, 5.41) is 0. The van der Waals surface area contributed by atoms with Crippen LogP contribution >= 0.6 is 0 Å². The number of benzene rings is 2. The summed E-state index contributed by atoms with van der Waals surface area (Å²) in [4.78, 5) is 27.7. The molecule has 1 aliphatic heterocycles. The van der Waals surface area contributed by atoms with E-state index in [2.05, 4.69) is 26.0 Å². The highest BCUT2D eigenvalue weighted by molar-refractivity contribution is 6.22. The number of rotatable bonds is 5. The molecule has 27 heavy (non-hydrogen) atoms. The number of carbonyl (C=O) groups excluding carboxylic acids is 2. The Balaban J connectivity index is 1.57. The third kappa shape index (κ3) is 3.09. The topological polar surface area (TPSA) is 37.4 Å². The second kappa shape index (κ2) is 7.30. The smallest absolute Gasteiger partial charge is 0.237 e. The molecule has 1 saturated carbocycles. The first kappa shape index (κ1) is 18.0. The van der Waals surface area contributed by atoms with E-state index >= 15 is 0 Å². The Morgan fingerprint density at radius 3 is 1.81 bits per heavy atom. The van der Waals surface area contributed by atoms with Crippen molar-refractivity contribution < 1.29 is 9.59 Å². The molecule has 0 N–H and O–H groups in total. The minimum atomic E-state index is -0.114. The number of hydrogen-bond acceptors (Lipinski definition) is 2. The van der Waals surface area contributed by atoms with Crippen molar-refractivity contribution >= 4 is 17.5 Å². The van der Waals surface area contributed by atoms with Crippen molar-refractivity contribution in [1.29, 1.82) is 0 Å². The zero-order valence-electron chi connectivity index (χ0n) is 16.1. The first-order valence-corrected chi connectivity index (χ1v) is 10.1. The van der Waals surface area contributed by atoms with Gasteiger partial charge in [0.05, 0.1) is 17.5 Å². The van der Waals surface area contributed by atoms with E-state index in [1.165, 1.54) is 16.0 Å². The van der Waals surface area contributed by atoms with Crippen molar-refractivity contribution in [3.63, 3.8) is 0 Å². The monoisotopic (exact) mass is 361 g/mol. The Morgan fingerprint density at radius 2 is 1.30 bits per heavy atom. The summed E-state index contributed by atoms with van der Waals surface area (Å²) in [6.45, 7) is 4.27. The van der Waals surface area contributed by atoms with Crippen LogP contribution in [0.1, 0.15) is 44.2 Å². The van der Waals surface area contributed by atoms with Gasteiger partial charge in [0.2, 0.25) is 11.8 Å². The van der Waals surface area contributed by atoms with Crippen LogP contribution in [0.5, 0.6) is 0 Å². The largest absolute Gasteiger partial charge is 0.274 e. The minimum Gasteiger partial charge on any atom is -0.274 e. The Hall–Kier alpha value is -2.42. The van der Waals surface area contributed by atoms with Crippen LogP contribution in [0.25, 0.3) is 0 Å². The van der Waals surface area contributed by atoms with Crippen LogP contribution in [-0.2, 0) is 16.0 Å². The van der Waals surface area contributed by atoms with Crippen molar-refractivity contribution in [2.75, 3.05) is 4.90 Å². The van der Waals surface area contributed by atoms with Gasteiger partial charge < -0.3 is 0 Å². The lowest BCUT2D eigenvalue weighted by Crippen LogP contribution is -2.33. The van der Waals surface area contributed by atoms with Gasteiger partial charge in [0, 0.05) is 0 Å². The molecule has 1 aliphatic carbocycles. The lowest BCUT2D eigenvalue weighted by Gasteiger charge is -2.20. The molecule has 4 rings (SSSR count). The molecule has 0 spiro atoms. The second-order valence-electron chi connectivity index (χ2n) is 7.96. The highest BCUT2D eigenvalue weighted by Crippen LogP contribution is 2.50. The van der Waals surface area contributed by atoms with Gasteiger partial charge in [0.15, 0.2) is 0 Å². The van der Waals surface area contributed by atoms with Crippen LogP contribution in [-0.4, -0.2) is 11.8 Å². The van der Waals surface area contributed by atoms with E-state index in [1.807, 2.05) is 42.5 Å². The molecule has 3 nitrogen and oxygen atoms in total. The maximum atomic E-state index is 13.1. The van der Waals surface area contributed by atoms with Gasteiger partial charge in [-0.2, -0.15) is 0 Å². The Bertz CT molecular complexity index is 799. The van der Waals surface area contributed by atoms with Crippen molar-refractivity contribution in [1.82, 2.24) is 0 Å². The van der Waals surface area contributed by atoms with Crippen LogP contribution in [0, 0.1) is 23.7 Å². The molecule has 1 heterocycles. The van der Waals surface area contributed by atoms with Crippen LogP contribution in [0.4, 0.5) is 5.69 Å². The quantitative estimate of drug-likeness (QED) is 0.715. The van der Waals surface area contributed by atoms with Gasteiger partial charge in [0.25, 0.3) is 0 Å². The standard InChI is InChI=1S/C24H27NO2/c1-3-18-15-19(4-2)22-21(18)23(26)25(24(22)27)20-12-10-17(11-13-20)14-16-8-6-5-7-9-16/h5-13,18-19,21-22H,3-4,14-15H2,1-2H3. The molecule has 4 unspecified atom stereocenters.